The third-order valence-electron chi connectivity index (χ3n) is 2.50. The molecule has 0 atom stereocenters. The van der Waals surface area contributed by atoms with Crippen LogP contribution in [0, 0.1) is 11.3 Å². The first-order chi connectivity index (χ1) is 9.24. The maximum atomic E-state index is 8.92. The van der Waals surface area contributed by atoms with Crippen molar-refractivity contribution in [3.63, 3.8) is 0 Å². The zero-order valence-corrected chi connectivity index (χ0v) is 11.8. The molecular weight excluding hydrogens is 280 g/mol. The van der Waals surface area contributed by atoms with E-state index in [1.165, 1.54) is 11.8 Å². The van der Waals surface area contributed by atoms with Crippen molar-refractivity contribution in [1.82, 2.24) is 4.98 Å². The molecule has 0 saturated heterocycles. The molecule has 0 aliphatic rings. The van der Waals surface area contributed by atoms with Gasteiger partial charge in [0.05, 0.1) is 23.8 Å². The fourth-order valence-corrected chi connectivity index (χ4v) is 2.73. The van der Waals surface area contributed by atoms with Crippen molar-refractivity contribution < 1.29 is 4.74 Å². The van der Waals surface area contributed by atoms with Crippen LogP contribution >= 0.6 is 23.4 Å². The van der Waals surface area contributed by atoms with Crippen molar-refractivity contribution in [2.24, 2.45) is 0 Å². The molecule has 19 heavy (non-hydrogen) atoms. The summed E-state index contributed by atoms with van der Waals surface area (Å²) in [5.41, 5.74) is 1.57. The van der Waals surface area contributed by atoms with Crippen LogP contribution in [0.2, 0.25) is 5.02 Å². The average Bonchev–Trinajstić information content (AvgIpc) is 2.46. The lowest BCUT2D eigenvalue weighted by atomic mass is 10.1. The predicted octanol–water partition coefficient (Wildman–Crippen LogP) is 3.91. The average molecular weight is 291 g/mol. The van der Waals surface area contributed by atoms with Crippen LogP contribution in [-0.4, -0.2) is 12.1 Å². The molecule has 0 bridgehead atoms. The van der Waals surface area contributed by atoms with Crippen LogP contribution in [-0.2, 0) is 5.75 Å². The minimum absolute atomic E-state index is 0.614. The van der Waals surface area contributed by atoms with E-state index in [0.29, 0.717) is 16.3 Å². The van der Waals surface area contributed by atoms with Crippen molar-refractivity contribution in [2.45, 2.75) is 10.8 Å². The van der Waals surface area contributed by atoms with Crippen LogP contribution < -0.4 is 4.74 Å². The Morgan fingerprint density at radius 1 is 1.42 bits per heavy atom. The normalized spacial score (nSPS) is 9.95. The molecule has 2 rings (SSSR count). The lowest BCUT2D eigenvalue weighted by molar-refractivity contribution is 0.411. The van der Waals surface area contributed by atoms with Gasteiger partial charge in [0, 0.05) is 17.5 Å². The Morgan fingerprint density at radius 2 is 2.26 bits per heavy atom. The third-order valence-corrected chi connectivity index (χ3v) is 3.97. The molecule has 0 saturated carbocycles. The number of pyridine rings is 1. The monoisotopic (exact) mass is 290 g/mol. The van der Waals surface area contributed by atoms with Gasteiger partial charge in [-0.05, 0) is 30.3 Å². The quantitative estimate of drug-likeness (QED) is 0.801. The van der Waals surface area contributed by atoms with Crippen LogP contribution in [0.5, 0.6) is 5.75 Å². The summed E-state index contributed by atoms with van der Waals surface area (Å²) in [6.07, 6.45) is 1.71. The highest BCUT2D eigenvalue weighted by Gasteiger charge is 2.07. The lowest BCUT2D eigenvalue weighted by Gasteiger charge is -2.08. The number of methoxy groups -OCH3 is 1. The first-order valence-electron chi connectivity index (χ1n) is 5.55. The maximum Gasteiger partial charge on any atom is 0.122 e. The van der Waals surface area contributed by atoms with Crippen LogP contribution in [0.15, 0.2) is 41.6 Å². The van der Waals surface area contributed by atoms with E-state index in [0.717, 1.165) is 16.3 Å². The second-order valence-corrected chi connectivity index (χ2v) is 5.09. The Balaban J connectivity index is 2.19. The number of nitrogens with zero attached hydrogens (tertiary/aromatic N) is 2. The summed E-state index contributed by atoms with van der Waals surface area (Å²) < 4.78 is 5.29. The molecule has 0 spiro atoms. The summed E-state index contributed by atoms with van der Waals surface area (Å²) in [6, 6.07) is 11.1. The molecule has 0 amide bonds. The first kappa shape index (κ1) is 13.7. The highest BCUT2D eigenvalue weighted by molar-refractivity contribution is 7.98. The van der Waals surface area contributed by atoms with Crippen molar-refractivity contribution >= 4 is 23.4 Å². The molecular formula is C14H11ClN2OS. The second-order valence-electron chi connectivity index (χ2n) is 3.72. The number of halogens is 1. The lowest BCUT2D eigenvalue weighted by Crippen LogP contribution is -1.92. The first-order valence-corrected chi connectivity index (χ1v) is 6.91. The van der Waals surface area contributed by atoms with Crippen molar-refractivity contribution in [3.8, 4) is 11.8 Å². The summed E-state index contributed by atoms with van der Waals surface area (Å²) >= 11 is 7.57. The number of nitriles is 1. The van der Waals surface area contributed by atoms with Crippen LogP contribution in [0.3, 0.4) is 0 Å². The number of benzene rings is 1. The van der Waals surface area contributed by atoms with E-state index in [2.05, 4.69) is 11.1 Å². The zero-order chi connectivity index (χ0) is 13.7. The standard InChI is InChI=1S/C14H11ClN2OS/c1-18-13-5-4-10(8-16)7-11(13)9-19-14-12(15)3-2-6-17-14/h2-7H,9H2,1H3. The minimum atomic E-state index is 0.614. The molecule has 3 nitrogen and oxygen atoms in total. The van der Waals surface area contributed by atoms with Gasteiger partial charge in [0.1, 0.15) is 10.8 Å². The van der Waals surface area contributed by atoms with Crippen molar-refractivity contribution in [2.75, 3.05) is 7.11 Å². The predicted molar refractivity (Wildman–Crippen MR) is 76.5 cm³/mol. The molecule has 0 unspecified atom stereocenters. The maximum absolute atomic E-state index is 8.92. The SMILES string of the molecule is COc1ccc(C#N)cc1CSc1ncccc1Cl. The Bertz CT molecular complexity index is 625. The van der Waals surface area contributed by atoms with Gasteiger partial charge in [-0.1, -0.05) is 11.6 Å². The highest BCUT2D eigenvalue weighted by atomic mass is 35.5. The fourth-order valence-electron chi connectivity index (χ4n) is 1.58. The Labute approximate surface area is 121 Å². The number of rotatable bonds is 4. The van der Waals surface area contributed by atoms with Gasteiger partial charge in [0.2, 0.25) is 0 Å². The fraction of sp³-hybridized carbons (Fsp3) is 0.143. The molecule has 0 N–H and O–H groups in total. The summed E-state index contributed by atoms with van der Waals surface area (Å²) in [5.74, 6) is 1.41. The van der Waals surface area contributed by atoms with Crippen LogP contribution in [0.1, 0.15) is 11.1 Å². The molecule has 1 aromatic carbocycles. The third kappa shape index (κ3) is 3.40. The molecule has 1 heterocycles. The molecule has 0 aliphatic heterocycles. The smallest absolute Gasteiger partial charge is 0.122 e. The highest BCUT2D eigenvalue weighted by Crippen LogP contribution is 2.31. The van der Waals surface area contributed by atoms with Gasteiger partial charge in [-0.15, -0.1) is 11.8 Å². The molecule has 0 aliphatic carbocycles. The number of ether oxygens (including phenoxy) is 1. The van der Waals surface area contributed by atoms with Crippen molar-refractivity contribution in [3.05, 3.63) is 52.7 Å². The molecule has 96 valence electrons. The van der Waals surface area contributed by atoms with Gasteiger partial charge in [-0.2, -0.15) is 5.26 Å². The molecule has 5 heteroatoms. The summed E-state index contributed by atoms with van der Waals surface area (Å²) in [6.45, 7) is 0. The topological polar surface area (TPSA) is 45.9 Å². The van der Waals surface area contributed by atoms with E-state index in [4.69, 9.17) is 21.6 Å². The van der Waals surface area contributed by atoms with E-state index < -0.39 is 0 Å². The number of hydrogen-bond donors (Lipinski definition) is 0. The summed E-state index contributed by atoms with van der Waals surface area (Å²) in [4.78, 5) is 4.22. The van der Waals surface area contributed by atoms with Crippen LogP contribution in [0.4, 0.5) is 0 Å². The van der Waals surface area contributed by atoms with E-state index in [-0.39, 0.29) is 0 Å². The van der Waals surface area contributed by atoms with E-state index in [9.17, 15) is 0 Å². The minimum Gasteiger partial charge on any atom is -0.496 e. The van der Waals surface area contributed by atoms with Gasteiger partial charge in [-0.3, -0.25) is 0 Å². The second kappa shape index (κ2) is 6.46. The Kier molecular flexibility index (Phi) is 4.67. The van der Waals surface area contributed by atoms with E-state index in [1.54, 1.807) is 37.6 Å². The van der Waals surface area contributed by atoms with Gasteiger partial charge >= 0.3 is 0 Å². The van der Waals surface area contributed by atoms with Gasteiger partial charge in [-0.25, -0.2) is 4.98 Å². The number of thioether (sulfide) groups is 1. The largest absolute Gasteiger partial charge is 0.496 e. The van der Waals surface area contributed by atoms with Crippen molar-refractivity contribution in [1.29, 1.82) is 5.26 Å². The summed E-state index contributed by atoms with van der Waals surface area (Å²) in [5, 5.41) is 10.3. The summed E-state index contributed by atoms with van der Waals surface area (Å²) in [7, 11) is 1.61. The van der Waals surface area contributed by atoms with Gasteiger partial charge in [0.15, 0.2) is 0 Å². The van der Waals surface area contributed by atoms with Crippen LogP contribution in [0.25, 0.3) is 0 Å². The molecule has 2 aromatic rings. The van der Waals surface area contributed by atoms with Gasteiger partial charge < -0.3 is 4.74 Å². The molecule has 0 radical (unpaired) electrons. The van der Waals surface area contributed by atoms with Gasteiger partial charge in [0.25, 0.3) is 0 Å². The molecule has 0 fully saturated rings. The number of aromatic nitrogens is 1. The van der Waals surface area contributed by atoms with E-state index >= 15 is 0 Å². The Morgan fingerprint density at radius 3 is 2.95 bits per heavy atom. The zero-order valence-electron chi connectivity index (χ0n) is 10.3. The Hall–Kier alpha value is -1.70. The van der Waals surface area contributed by atoms with E-state index in [1.807, 2.05) is 6.07 Å². The molecule has 1 aromatic heterocycles. The number of hydrogen-bond acceptors (Lipinski definition) is 4.